The van der Waals surface area contributed by atoms with Gasteiger partial charge in [-0.25, -0.2) is 0 Å². The van der Waals surface area contributed by atoms with E-state index in [-0.39, 0.29) is 31.6 Å². The summed E-state index contributed by atoms with van der Waals surface area (Å²) in [4.78, 5) is 37.6. The molecule has 0 fully saturated rings. The van der Waals surface area contributed by atoms with E-state index >= 15 is 0 Å². The maximum absolute atomic E-state index is 12.7. The van der Waals surface area contributed by atoms with Gasteiger partial charge in [0.1, 0.15) is 13.2 Å². The SMILES string of the molecule is CC/C=C\C/C=C\C/C=C\C/C=C\C/C=C\C/C=C\C/C=C\C/C=C\C/C=C\C/C=C\CCCCCCC(=O)OCC(COC(=O)CCCCCCC)OC(=O)CC/C=C\C/C=C\C/C=C\C/C=C\CC. The molecule has 0 bridgehead atoms. The summed E-state index contributed by atoms with van der Waals surface area (Å²) in [5.41, 5.74) is 0. The molecule has 6 nitrogen and oxygen atoms in total. The van der Waals surface area contributed by atoms with Crippen molar-refractivity contribution < 1.29 is 28.6 Å². The summed E-state index contributed by atoms with van der Waals surface area (Å²) in [6.07, 6.45) is 85.6. The lowest BCUT2D eigenvalue weighted by atomic mass is 10.1. The first-order valence-electron chi connectivity index (χ1n) is 27.6. The lowest BCUT2D eigenvalue weighted by Crippen LogP contribution is -2.30. The number of esters is 3. The molecular weight excluding hydrogens is 877 g/mol. The van der Waals surface area contributed by atoms with E-state index in [9.17, 15) is 14.4 Å². The highest BCUT2D eigenvalue weighted by Gasteiger charge is 2.19. The van der Waals surface area contributed by atoms with Gasteiger partial charge in [0.2, 0.25) is 0 Å². The lowest BCUT2D eigenvalue weighted by Gasteiger charge is -2.18. The predicted octanol–water partition coefficient (Wildman–Crippen LogP) is 18.8. The minimum atomic E-state index is -0.830. The average molecular weight is 975 g/mol. The van der Waals surface area contributed by atoms with Crippen LogP contribution in [0.15, 0.2) is 170 Å². The van der Waals surface area contributed by atoms with E-state index in [1.807, 2.05) is 12.2 Å². The third-order valence-corrected chi connectivity index (χ3v) is 10.7. The first-order chi connectivity index (χ1) is 35.0. The summed E-state index contributed by atoms with van der Waals surface area (Å²) in [7, 11) is 0. The van der Waals surface area contributed by atoms with Crippen LogP contribution in [0.25, 0.3) is 0 Å². The molecule has 0 radical (unpaired) electrons. The van der Waals surface area contributed by atoms with Gasteiger partial charge in [0, 0.05) is 19.3 Å². The Morgan fingerprint density at radius 1 is 0.296 bits per heavy atom. The Bertz CT molecular complexity index is 1690. The minimum absolute atomic E-state index is 0.123. The third-order valence-electron chi connectivity index (χ3n) is 10.7. The summed E-state index contributed by atoms with van der Waals surface area (Å²) < 4.78 is 16.5. The number of carbonyl (C=O) groups excluding carboxylic acids is 3. The highest BCUT2D eigenvalue weighted by atomic mass is 16.6. The quantitative estimate of drug-likeness (QED) is 0.0262. The molecule has 0 N–H and O–H groups in total. The highest BCUT2D eigenvalue weighted by molar-refractivity contribution is 5.71. The van der Waals surface area contributed by atoms with Gasteiger partial charge in [-0.2, -0.15) is 0 Å². The second-order valence-electron chi connectivity index (χ2n) is 17.4. The largest absolute Gasteiger partial charge is 0.462 e. The summed E-state index contributed by atoms with van der Waals surface area (Å²) in [5.74, 6) is -1.06. The van der Waals surface area contributed by atoms with E-state index in [1.54, 1.807) is 0 Å². The Morgan fingerprint density at radius 3 is 0.901 bits per heavy atom. The summed E-state index contributed by atoms with van der Waals surface area (Å²) >= 11 is 0. The summed E-state index contributed by atoms with van der Waals surface area (Å²) in [5, 5.41) is 0. The molecule has 0 rings (SSSR count). The van der Waals surface area contributed by atoms with Gasteiger partial charge in [-0.05, 0) is 122 Å². The Hall–Kier alpha value is -5.23. The van der Waals surface area contributed by atoms with Crippen LogP contribution in [0.1, 0.15) is 201 Å². The third kappa shape index (κ3) is 55.6. The van der Waals surface area contributed by atoms with Gasteiger partial charge < -0.3 is 14.2 Å². The van der Waals surface area contributed by atoms with Crippen LogP contribution in [0.2, 0.25) is 0 Å². The van der Waals surface area contributed by atoms with E-state index in [0.717, 1.165) is 154 Å². The van der Waals surface area contributed by atoms with Crippen molar-refractivity contribution in [1.82, 2.24) is 0 Å². The number of hydrogen-bond acceptors (Lipinski definition) is 6. The monoisotopic (exact) mass is 975 g/mol. The van der Waals surface area contributed by atoms with Gasteiger partial charge in [-0.3, -0.25) is 14.4 Å². The first kappa shape index (κ1) is 65.8. The number of allylic oxidation sites excluding steroid dienone is 28. The van der Waals surface area contributed by atoms with Crippen LogP contribution in [0.4, 0.5) is 0 Å². The molecule has 6 heteroatoms. The van der Waals surface area contributed by atoms with E-state index in [4.69, 9.17) is 14.2 Å². The molecule has 0 heterocycles. The fraction of sp³-hybridized carbons (Fsp3) is 0.523. The molecule has 0 saturated carbocycles. The van der Waals surface area contributed by atoms with Crippen LogP contribution in [-0.2, 0) is 28.6 Å². The first-order valence-corrected chi connectivity index (χ1v) is 27.6. The highest BCUT2D eigenvalue weighted by Crippen LogP contribution is 2.11. The van der Waals surface area contributed by atoms with Crippen LogP contribution < -0.4 is 0 Å². The molecule has 0 aromatic heterocycles. The predicted molar refractivity (Wildman–Crippen MR) is 306 cm³/mol. The van der Waals surface area contributed by atoms with Crippen molar-refractivity contribution in [1.29, 1.82) is 0 Å². The fourth-order valence-corrected chi connectivity index (χ4v) is 6.66. The molecule has 0 aliphatic heterocycles. The Morgan fingerprint density at radius 2 is 0.577 bits per heavy atom. The Balaban J connectivity index is 4.19. The van der Waals surface area contributed by atoms with Gasteiger partial charge in [-0.1, -0.05) is 229 Å². The second-order valence-corrected chi connectivity index (χ2v) is 17.4. The van der Waals surface area contributed by atoms with Crippen LogP contribution in [0.5, 0.6) is 0 Å². The summed E-state index contributed by atoms with van der Waals surface area (Å²) in [6.45, 7) is 6.20. The maximum atomic E-state index is 12.7. The second kappa shape index (κ2) is 57.3. The van der Waals surface area contributed by atoms with Crippen molar-refractivity contribution in [2.45, 2.75) is 207 Å². The molecule has 0 spiro atoms. The normalized spacial score (nSPS) is 13.5. The minimum Gasteiger partial charge on any atom is -0.462 e. The molecule has 0 saturated heterocycles. The number of carbonyl (C=O) groups is 3. The van der Waals surface area contributed by atoms with Crippen molar-refractivity contribution in [3.8, 4) is 0 Å². The lowest BCUT2D eigenvalue weighted by molar-refractivity contribution is -0.166. The van der Waals surface area contributed by atoms with Gasteiger partial charge in [0.05, 0.1) is 0 Å². The molecule has 0 aromatic carbocycles. The van der Waals surface area contributed by atoms with Crippen LogP contribution in [0.3, 0.4) is 0 Å². The zero-order chi connectivity index (χ0) is 51.4. The fourth-order valence-electron chi connectivity index (χ4n) is 6.66. The number of rotatable bonds is 47. The van der Waals surface area contributed by atoms with E-state index in [1.165, 1.54) is 0 Å². The van der Waals surface area contributed by atoms with E-state index < -0.39 is 12.1 Å². The van der Waals surface area contributed by atoms with Crippen LogP contribution >= 0.6 is 0 Å². The smallest absolute Gasteiger partial charge is 0.306 e. The number of ether oxygens (including phenoxy) is 3. The Labute approximate surface area is 434 Å². The van der Waals surface area contributed by atoms with Gasteiger partial charge in [0.25, 0.3) is 0 Å². The van der Waals surface area contributed by atoms with Gasteiger partial charge >= 0.3 is 17.9 Å². The van der Waals surface area contributed by atoms with Crippen molar-refractivity contribution in [2.24, 2.45) is 0 Å². The molecule has 0 amide bonds. The molecule has 0 aromatic rings. The molecule has 0 aliphatic carbocycles. The van der Waals surface area contributed by atoms with Crippen molar-refractivity contribution in [3.05, 3.63) is 170 Å². The molecule has 394 valence electrons. The van der Waals surface area contributed by atoms with E-state index in [2.05, 4.69) is 179 Å². The number of hydrogen-bond donors (Lipinski definition) is 0. The van der Waals surface area contributed by atoms with E-state index in [0.29, 0.717) is 19.3 Å². The molecule has 1 atom stereocenters. The molecule has 1 unspecified atom stereocenters. The maximum Gasteiger partial charge on any atom is 0.306 e. The molecule has 71 heavy (non-hydrogen) atoms. The van der Waals surface area contributed by atoms with Gasteiger partial charge in [-0.15, -0.1) is 0 Å². The zero-order valence-electron chi connectivity index (χ0n) is 44.9. The van der Waals surface area contributed by atoms with Crippen molar-refractivity contribution in [3.63, 3.8) is 0 Å². The van der Waals surface area contributed by atoms with Gasteiger partial charge in [0.15, 0.2) is 6.10 Å². The molecule has 0 aliphatic rings. The molecular formula is C65H98O6. The zero-order valence-corrected chi connectivity index (χ0v) is 44.9. The standard InChI is InChI=1S/C65H98O6/c1-4-7-10-13-15-17-19-21-22-23-24-25-26-27-28-29-30-31-32-33-34-35-36-37-38-39-40-41-42-44-45-47-49-52-55-58-64(67)70-61-62(60-69-63(66)57-54-51-12-9-6-3)71-65(68)59-56-53-50-48-46-43-20-18-16-14-11-8-5-2/h7-8,10-11,15-18,21-22,24-25,27-28,30-31,33-34,36-37,39-40,42-44,46,50,53,62H,4-6,9,12-14,19-20,23,26,29,32,35,38,41,45,47-49,51-52,54-61H2,1-3H3/b10-7-,11-8-,17-15-,18-16-,22-21-,25-24-,28-27-,31-30-,34-33-,37-36-,40-39-,44-42-,46-43-,53-50-. The van der Waals surface area contributed by atoms with Crippen LogP contribution in [-0.4, -0.2) is 37.2 Å². The van der Waals surface area contributed by atoms with Crippen LogP contribution in [0, 0.1) is 0 Å². The van der Waals surface area contributed by atoms with Crippen molar-refractivity contribution >= 4 is 17.9 Å². The topological polar surface area (TPSA) is 78.9 Å². The number of unbranched alkanes of at least 4 members (excludes halogenated alkanes) is 8. The average Bonchev–Trinajstić information content (AvgIpc) is 3.37. The van der Waals surface area contributed by atoms with Crippen molar-refractivity contribution in [2.75, 3.05) is 13.2 Å². The Kier molecular flexibility index (Phi) is 53.1. The summed E-state index contributed by atoms with van der Waals surface area (Å²) in [6, 6.07) is 0.